The van der Waals surface area contributed by atoms with Crippen LogP contribution in [-0.4, -0.2) is 0 Å². The van der Waals surface area contributed by atoms with Crippen LogP contribution < -0.4 is 0 Å². The molecule has 0 aliphatic heterocycles. The molecule has 1 aliphatic rings. The van der Waals surface area contributed by atoms with Gasteiger partial charge in [-0.1, -0.05) is 41.5 Å². The molecule has 1 aliphatic carbocycles. The second-order valence-corrected chi connectivity index (χ2v) is 5.21. The Labute approximate surface area is 77.7 Å². The number of hydrogen-bond donors (Lipinski definition) is 0. The van der Waals surface area contributed by atoms with E-state index in [4.69, 9.17) is 0 Å². The molecule has 0 radical (unpaired) electrons. The fourth-order valence-electron chi connectivity index (χ4n) is 3.61. The van der Waals surface area contributed by atoms with E-state index < -0.39 is 0 Å². The molecule has 0 saturated heterocycles. The highest BCUT2D eigenvalue weighted by Gasteiger charge is 2.59. The zero-order valence-electron chi connectivity index (χ0n) is 9.57. The molecule has 0 heteroatoms. The van der Waals surface area contributed by atoms with Gasteiger partial charge in [-0.25, -0.2) is 0 Å². The predicted octanol–water partition coefficient (Wildman–Crippen LogP) is 4.10. The van der Waals surface area contributed by atoms with Crippen molar-refractivity contribution in [3.63, 3.8) is 0 Å². The van der Waals surface area contributed by atoms with Crippen LogP contribution in [0.25, 0.3) is 0 Å². The molecular weight excluding hydrogens is 144 g/mol. The van der Waals surface area contributed by atoms with Crippen LogP contribution in [0, 0.1) is 22.7 Å². The molecule has 72 valence electrons. The second kappa shape index (κ2) is 2.75. The zero-order chi connectivity index (χ0) is 9.57. The quantitative estimate of drug-likeness (QED) is 0.582. The van der Waals surface area contributed by atoms with E-state index in [0.29, 0.717) is 10.8 Å². The van der Waals surface area contributed by atoms with Crippen LogP contribution >= 0.6 is 0 Å². The van der Waals surface area contributed by atoms with E-state index in [1.807, 2.05) is 0 Å². The number of hydrogen-bond acceptors (Lipinski definition) is 0. The molecule has 0 amide bonds. The van der Waals surface area contributed by atoms with Crippen molar-refractivity contribution in [1.82, 2.24) is 0 Å². The Morgan fingerprint density at radius 3 is 1.42 bits per heavy atom. The van der Waals surface area contributed by atoms with Gasteiger partial charge < -0.3 is 0 Å². The van der Waals surface area contributed by atoms with E-state index in [1.54, 1.807) is 0 Å². The monoisotopic (exact) mass is 168 g/mol. The maximum Gasteiger partial charge on any atom is -0.0241 e. The predicted molar refractivity (Wildman–Crippen MR) is 55.1 cm³/mol. The molecule has 0 bridgehead atoms. The second-order valence-electron chi connectivity index (χ2n) is 5.21. The highest BCUT2D eigenvalue weighted by atomic mass is 14.6. The summed E-state index contributed by atoms with van der Waals surface area (Å²) in [5.74, 6) is 1.80. The summed E-state index contributed by atoms with van der Waals surface area (Å²) in [4.78, 5) is 0. The molecule has 0 aromatic carbocycles. The lowest BCUT2D eigenvalue weighted by molar-refractivity contribution is -0.170. The Morgan fingerprint density at radius 2 is 1.25 bits per heavy atom. The molecule has 1 fully saturated rings. The van der Waals surface area contributed by atoms with Gasteiger partial charge in [-0.15, -0.1) is 0 Å². The standard InChI is InChI=1S/C12H24/c1-7-12(8-2)9(3)11(5,6)10(12)4/h9-10H,7-8H2,1-6H3. The Hall–Kier alpha value is 0. The Kier molecular flexibility index (Phi) is 2.31. The third-order valence-electron chi connectivity index (χ3n) is 5.27. The third kappa shape index (κ3) is 0.900. The molecule has 0 aromatic heterocycles. The van der Waals surface area contributed by atoms with Crippen molar-refractivity contribution in [2.24, 2.45) is 22.7 Å². The van der Waals surface area contributed by atoms with Crippen LogP contribution in [0.4, 0.5) is 0 Å². The largest absolute Gasteiger partial charge is 0.0648 e. The fraction of sp³-hybridized carbons (Fsp3) is 1.00. The van der Waals surface area contributed by atoms with E-state index in [9.17, 15) is 0 Å². The first-order valence-electron chi connectivity index (χ1n) is 5.43. The average molecular weight is 168 g/mol. The molecule has 0 aromatic rings. The molecule has 0 nitrogen and oxygen atoms in total. The van der Waals surface area contributed by atoms with E-state index >= 15 is 0 Å². The van der Waals surface area contributed by atoms with Gasteiger partial charge in [0.05, 0.1) is 0 Å². The minimum atomic E-state index is 0.575. The van der Waals surface area contributed by atoms with Crippen molar-refractivity contribution < 1.29 is 0 Å². The van der Waals surface area contributed by atoms with Gasteiger partial charge in [0.15, 0.2) is 0 Å². The van der Waals surface area contributed by atoms with E-state index in [2.05, 4.69) is 41.5 Å². The van der Waals surface area contributed by atoms with Crippen LogP contribution in [0.1, 0.15) is 54.4 Å². The lowest BCUT2D eigenvalue weighted by Crippen LogP contribution is -2.59. The van der Waals surface area contributed by atoms with Gasteiger partial charge in [0.1, 0.15) is 0 Å². The smallest absolute Gasteiger partial charge is 0.0241 e. The number of rotatable bonds is 2. The van der Waals surface area contributed by atoms with Crippen LogP contribution in [0.5, 0.6) is 0 Å². The van der Waals surface area contributed by atoms with Crippen molar-refractivity contribution in [2.45, 2.75) is 54.4 Å². The summed E-state index contributed by atoms with van der Waals surface area (Å²) in [6, 6.07) is 0. The third-order valence-corrected chi connectivity index (χ3v) is 5.27. The van der Waals surface area contributed by atoms with Gasteiger partial charge in [0.2, 0.25) is 0 Å². The lowest BCUT2D eigenvalue weighted by atomic mass is 9.39. The molecular formula is C12H24. The van der Waals surface area contributed by atoms with Crippen LogP contribution in [0.3, 0.4) is 0 Å². The van der Waals surface area contributed by atoms with Crippen LogP contribution in [0.2, 0.25) is 0 Å². The first kappa shape index (κ1) is 10.1. The maximum absolute atomic E-state index is 2.44. The summed E-state index contributed by atoms with van der Waals surface area (Å²) in [5.41, 5.74) is 1.23. The van der Waals surface area contributed by atoms with Crippen molar-refractivity contribution in [3.8, 4) is 0 Å². The van der Waals surface area contributed by atoms with Gasteiger partial charge in [-0.3, -0.25) is 0 Å². The Balaban J connectivity index is 2.84. The van der Waals surface area contributed by atoms with Gasteiger partial charge in [-0.05, 0) is 35.5 Å². The summed E-state index contributed by atoms with van der Waals surface area (Å²) in [6.07, 6.45) is 2.71. The summed E-state index contributed by atoms with van der Waals surface area (Å²) < 4.78 is 0. The van der Waals surface area contributed by atoms with E-state index in [-0.39, 0.29) is 0 Å². The van der Waals surface area contributed by atoms with Crippen molar-refractivity contribution in [2.75, 3.05) is 0 Å². The zero-order valence-corrected chi connectivity index (χ0v) is 9.57. The summed E-state index contributed by atoms with van der Waals surface area (Å²) in [5, 5.41) is 0. The molecule has 12 heavy (non-hydrogen) atoms. The normalized spacial score (nSPS) is 37.5. The van der Waals surface area contributed by atoms with Gasteiger partial charge in [-0.2, -0.15) is 0 Å². The highest BCUT2D eigenvalue weighted by molar-refractivity contribution is 5.07. The molecule has 0 spiro atoms. The molecule has 1 rings (SSSR count). The van der Waals surface area contributed by atoms with Crippen LogP contribution in [0.15, 0.2) is 0 Å². The fourth-order valence-corrected chi connectivity index (χ4v) is 3.61. The maximum atomic E-state index is 2.44. The van der Waals surface area contributed by atoms with E-state index in [0.717, 1.165) is 11.8 Å². The van der Waals surface area contributed by atoms with Crippen molar-refractivity contribution >= 4 is 0 Å². The van der Waals surface area contributed by atoms with Crippen molar-refractivity contribution in [3.05, 3.63) is 0 Å². The van der Waals surface area contributed by atoms with E-state index in [1.165, 1.54) is 12.8 Å². The van der Waals surface area contributed by atoms with Crippen molar-refractivity contribution in [1.29, 1.82) is 0 Å². The summed E-state index contributed by atoms with van der Waals surface area (Å²) in [6.45, 7) is 14.4. The van der Waals surface area contributed by atoms with Gasteiger partial charge in [0.25, 0.3) is 0 Å². The molecule has 1 saturated carbocycles. The molecule has 0 heterocycles. The molecule has 2 atom stereocenters. The lowest BCUT2D eigenvalue weighted by Gasteiger charge is -2.65. The van der Waals surface area contributed by atoms with Gasteiger partial charge in [0, 0.05) is 0 Å². The Morgan fingerprint density at radius 1 is 0.917 bits per heavy atom. The topological polar surface area (TPSA) is 0 Å². The molecule has 2 unspecified atom stereocenters. The Bertz CT molecular complexity index is 149. The van der Waals surface area contributed by atoms with Gasteiger partial charge >= 0.3 is 0 Å². The van der Waals surface area contributed by atoms with Crippen LogP contribution in [-0.2, 0) is 0 Å². The minimum Gasteiger partial charge on any atom is -0.0648 e. The highest BCUT2D eigenvalue weighted by Crippen LogP contribution is 2.66. The molecule has 0 N–H and O–H groups in total. The average Bonchev–Trinajstić information content (AvgIpc) is 2.07. The first-order valence-corrected chi connectivity index (χ1v) is 5.43. The first-order chi connectivity index (χ1) is 5.43. The summed E-state index contributed by atoms with van der Waals surface area (Å²) in [7, 11) is 0. The minimum absolute atomic E-state index is 0.575. The summed E-state index contributed by atoms with van der Waals surface area (Å²) >= 11 is 0. The SMILES string of the molecule is CCC1(CC)C(C)C(C)(C)C1C.